The molecule has 0 radical (unpaired) electrons. The zero-order chi connectivity index (χ0) is 15.1. The number of nitrogen functional groups attached to an aromatic ring is 1. The number of rotatable bonds is 3. The fraction of sp³-hybridized carbons (Fsp3) is 0.615. The monoisotopic (exact) mass is 293 g/mol. The van der Waals surface area contributed by atoms with Crippen LogP contribution in [0.15, 0.2) is 12.7 Å². The van der Waals surface area contributed by atoms with Crippen LogP contribution in [0.3, 0.4) is 0 Å². The Morgan fingerprint density at radius 1 is 1.33 bits per heavy atom. The summed E-state index contributed by atoms with van der Waals surface area (Å²) in [5.74, 6) is 0.402. The fourth-order valence-corrected chi connectivity index (χ4v) is 2.67. The van der Waals surface area contributed by atoms with Crippen molar-refractivity contribution in [1.82, 2.24) is 19.5 Å². The molecular formula is C13H19N5O3. The lowest BCUT2D eigenvalue weighted by Crippen LogP contribution is -2.34. The number of fused-ring (bicyclic) bond motifs is 1. The van der Waals surface area contributed by atoms with Crippen LogP contribution >= 0.6 is 0 Å². The highest BCUT2D eigenvalue weighted by atomic mass is 16.6. The van der Waals surface area contributed by atoms with Gasteiger partial charge in [-0.15, -0.1) is 0 Å². The largest absolute Gasteiger partial charge is 0.388 e. The summed E-state index contributed by atoms with van der Waals surface area (Å²) in [4.78, 5) is 12.2. The highest BCUT2D eigenvalue weighted by molar-refractivity contribution is 5.81. The van der Waals surface area contributed by atoms with E-state index in [1.165, 1.54) is 12.7 Å². The number of hydrogen-bond donors (Lipinski definition) is 3. The molecule has 4 N–H and O–H groups in total. The van der Waals surface area contributed by atoms with Crippen LogP contribution in [0.1, 0.15) is 26.5 Å². The highest BCUT2D eigenvalue weighted by Crippen LogP contribution is 2.35. The summed E-state index contributed by atoms with van der Waals surface area (Å²) in [6.07, 6.45) is 0.528. The van der Waals surface area contributed by atoms with Crippen molar-refractivity contribution < 1.29 is 14.9 Å². The van der Waals surface area contributed by atoms with Gasteiger partial charge in [-0.05, 0) is 5.92 Å². The minimum absolute atomic E-state index is 0.133. The lowest BCUT2D eigenvalue weighted by molar-refractivity contribution is -0.0525. The van der Waals surface area contributed by atoms with Crippen molar-refractivity contribution in [3.63, 3.8) is 0 Å². The molecule has 0 aromatic carbocycles. The van der Waals surface area contributed by atoms with E-state index in [0.29, 0.717) is 11.2 Å². The van der Waals surface area contributed by atoms with Crippen molar-refractivity contribution in [2.45, 2.75) is 44.8 Å². The number of nitrogens with two attached hydrogens (primary N) is 1. The lowest BCUT2D eigenvalue weighted by Gasteiger charge is -2.20. The van der Waals surface area contributed by atoms with Gasteiger partial charge in [-0.2, -0.15) is 0 Å². The van der Waals surface area contributed by atoms with E-state index in [1.54, 1.807) is 4.57 Å². The number of imidazole rings is 1. The molecule has 114 valence electrons. The second-order valence-corrected chi connectivity index (χ2v) is 5.44. The van der Waals surface area contributed by atoms with Gasteiger partial charge in [-0.25, -0.2) is 15.0 Å². The number of anilines is 1. The zero-order valence-corrected chi connectivity index (χ0v) is 11.9. The molecule has 0 spiro atoms. The Balaban J connectivity index is 1.98. The molecule has 3 heterocycles. The van der Waals surface area contributed by atoms with E-state index in [-0.39, 0.29) is 11.7 Å². The van der Waals surface area contributed by atoms with E-state index in [2.05, 4.69) is 15.0 Å². The fourth-order valence-electron chi connectivity index (χ4n) is 2.67. The van der Waals surface area contributed by atoms with Gasteiger partial charge in [0.2, 0.25) is 0 Å². The number of hydrogen-bond acceptors (Lipinski definition) is 7. The molecule has 1 aliphatic rings. The Bertz CT molecular complexity index is 646. The topological polar surface area (TPSA) is 119 Å². The average molecular weight is 293 g/mol. The molecule has 8 nitrogen and oxygen atoms in total. The molecular weight excluding hydrogens is 274 g/mol. The van der Waals surface area contributed by atoms with Crippen molar-refractivity contribution >= 4 is 17.0 Å². The summed E-state index contributed by atoms with van der Waals surface area (Å²) in [6.45, 7) is 4.00. The summed E-state index contributed by atoms with van der Waals surface area (Å²) < 4.78 is 7.44. The number of aliphatic hydroxyl groups excluding tert-OH is 2. The van der Waals surface area contributed by atoms with Crippen LogP contribution in [0, 0.1) is 5.92 Å². The summed E-state index contributed by atoms with van der Waals surface area (Å²) in [5.41, 5.74) is 6.68. The third-order valence-electron chi connectivity index (χ3n) is 4.14. The maximum Gasteiger partial charge on any atom is 0.167 e. The van der Waals surface area contributed by atoms with E-state index in [0.717, 1.165) is 6.42 Å². The van der Waals surface area contributed by atoms with E-state index < -0.39 is 24.5 Å². The molecule has 5 unspecified atom stereocenters. The van der Waals surface area contributed by atoms with Crippen LogP contribution in [-0.4, -0.2) is 48.0 Å². The summed E-state index contributed by atoms with van der Waals surface area (Å²) in [7, 11) is 0. The Hall–Kier alpha value is -1.77. The minimum atomic E-state index is -1.04. The van der Waals surface area contributed by atoms with Crippen LogP contribution in [-0.2, 0) is 4.74 Å². The molecule has 3 rings (SSSR count). The Kier molecular flexibility index (Phi) is 3.52. The Morgan fingerprint density at radius 2 is 2.10 bits per heavy atom. The molecule has 0 bridgehead atoms. The summed E-state index contributed by atoms with van der Waals surface area (Å²) in [6, 6.07) is 0. The quantitative estimate of drug-likeness (QED) is 0.732. The second kappa shape index (κ2) is 5.21. The number of aromatic nitrogens is 4. The van der Waals surface area contributed by atoms with Crippen LogP contribution in [0.25, 0.3) is 11.2 Å². The molecule has 0 aliphatic carbocycles. The van der Waals surface area contributed by atoms with E-state index in [4.69, 9.17) is 10.5 Å². The molecule has 2 aromatic heterocycles. The van der Waals surface area contributed by atoms with E-state index in [1.807, 2.05) is 13.8 Å². The van der Waals surface area contributed by atoms with Gasteiger partial charge in [0, 0.05) is 0 Å². The van der Waals surface area contributed by atoms with Crippen molar-refractivity contribution in [2.75, 3.05) is 5.73 Å². The van der Waals surface area contributed by atoms with Crippen LogP contribution in [0.5, 0.6) is 0 Å². The normalized spacial score (nSPS) is 30.9. The van der Waals surface area contributed by atoms with Crippen molar-refractivity contribution in [3.8, 4) is 0 Å². The molecule has 21 heavy (non-hydrogen) atoms. The standard InChI is InChI=1S/C13H19N5O3/c1-3-6(2)10-8(19)9(20)13(21-10)18-5-17-7-11(14)15-4-16-12(7)18/h4-6,8-10,13,19-20H,3H2,1-2H3,(H2,14,15,16). The third-order valence-corrected chi connectivity index (χ3v) is 4.14. The highest BCUT2D eigenvalue weighted by Gasteiger charge is 2.45. The summed E-state index contributed by atoms with van der Waals surface area (Å²) in [5, 5.41) is 20.5. The SMILES string of the molecule is CCC(C)C1OC(n2cnc3c(N)ncnc32)C(O)C1O. The van der Waals surface area contributed by atoms with Crippen molar-refractivity contribution in [3.05, 3.63) is 12.7 Å². The van der Waals surface area contributed by atoms with Gasteiger partial charge in [0.25, 0.3) is 0 Å². The summed E-state index contributed by atoms with van der Waals surface area (Å²) >= 11 is 0. The average Bonchev–Trinajstić information content (AvgIpc) is 3.02. The first-order valence-corrected chi connectivity index (χ1v) is 6.99. The van der Waals surface area contributed by atoms with Crippen LogP contribution < -0.4 is 5.73 Å². The lowest BCUT2D eigenvalue weighted by atomic mass is 9.96. The van der Waals surface area contributed by atoms with Gasteiger partial charge in [0.1, 0.15) is 24.1 Å². The van der Waals surface area contributed by atoms with Crippen molar-refractivity contribution in [1.29, 1.82) is 0 Å². The van der Waals surface area contributed by atoms with Gasteiger partial charge in [0.15, 0.2) is 17.7 Å². The molecule has 5 atom stereocenters. The first-order chi connectivity index (χ1) is 10.0. The van der Waals surface area contributed by atoms with Gasteiger partial charge in [-0.3, -0.25) is 4.57 Å². The predicted molar refractivity (Wildman–Crippen MR) is 75.1 cm³/mol. The smallest absolute Gasteiger partial charge is 0.167 e. The second-order valence-electron chi connectivity index (χ2n) is 5.44. The maximum atomic E-state index is 10.3. The Labute approximate surface area is 121 Å². The maximum absolute atomic E-state index is 10.3. The molecule has 0 amide bonds. The van der Waals surface area contributed by atoms with E-state index >= 15 is 0 Å². The van der Waals surface area contributed by atoms with Gasteiger partial charge in [0.05, 0.1) is 12.4 Å². The molecule has 2 aromatic rings. The molecule has 1 fully saturated rings. The van der Waals surface area contributed by atoms with Gasteiger partial charge < -0.3 is 20.7 Å². The minimum Gasteiger partial charge on any atom is -0.388 e. The van der Waals surface area contributed by atoms with Crippen LogP contribution in [0.2, 0.25) is 0 Å². The van der Waals surface area contributed by atoms with Gasteiger partial charge >= 0.3 is 0 Å². The van der Waals surface area contributed by atoms with Gasteiger partial charge in [-0.1, -0.05) is 20.3 Å². The molecule has 1 saturated heterocycles. The molecule has 1 aliphatic heterocycles. The zero-order valence-electron chi connectivity index (χ0n) is 11.9. The number of aliphatic hydroxyl groups is 2. The number of ether oxygens (including phenoxy) is 1. The van der Waals surface area contributed by atoms with E-state index in [9.17, 15) is 10.2 Å². The predicted octanol–water partition coefficient (Wildman–Crippen LogP) is 0.0738. The first-order valence-electron chi connectivity index (χ1n) is 6.99. The van der Waals surface area contributed by atoms with Crippen molar-refractivity contribution in [2.24, 2.45) is 5.92 Å². The van der Waals surface area contributed by atoms with Crippen LogP contribution in [0.4, 0.5) is 5.82 Å². The molecule has 8 heteroatoms. The third kappa shape index (κ3) is 2.15. The number of nitrogens with zero attached hydrogens (tertiary/aromatic N) is 4. The first kappa shape index (κ1) is 14.2. The molecule has 0 saturated carbocycles. The Morgan fingerprint density at radius 3 is 2.81 bits per heavy atom.